The van der Waals surface area contributed by atoms with Crippen molar-refractivity contribution in [1.29, 1.82) is 0 Å². The van der Waals surface area contributed by atoms with Crippen LogP contribution in [0.25, 0.3) is 0 Å². The molecule has 0 amide bonds. The minimum atomic E-state index is -0.863. The zero-order valence-corrected chi connectivity index (χ0v) is 8.46. The van der Waals surface area contributed by atoms with E-state index in [4.69, 9.17) is 5.11 Å². The third-order valence-corrected chi connectivity index (χ3v) is 2.08. The topological polar surface area (TPSA) is 42.2 Å². The summed E-state index contributed by atoms with van der Waals surface area (Å²) < 4.78 is 1.64. The molecule has 0 aromatic carbocycles. The molecule has 0 saturated carbocycles. The second kappa shape index (κ2) is 2.91. The average Bonchev–Trinajstić information content (AvgIpc) is 2.28. The molecule has 0 atom stereocenters. The molecule has 3 heteroatoms. The first-order valence-electron chi connectivity index (χ1n) is 4.23. The standard InChI is InChI=1S/C10H15NO2/c1-10(2,3)7-5-6-11(4)8(7)9(12)13/h5-6H,1-4H3,(H,12,13). The van der Waals surface area contributed by atoms with Gasteiger partial charge in [0, 0.05) is 13.2 Å². The van der Waals surface area contributed by atoms with E-state index in [9.17, 15) is 4.79 Å². The Bertz CT molecular complexity index is 331. The van der Waals surface area contributed by atoms with Crippen LogP contribution in [0.5, 0.6) is 0 Å². The van der Waals surface area contributed by atoms with Gasteiger partial charge in [-0.2, -0.15) is 0 Å². The van der Waals surface area contributed by atoms with Gasteiger partial charge >= 0.3 is 5.97 Å². The summed E-state index contributed by atoms with van der Waals surface area (Å²) in [4.78, 5) is 10.9. The SMILES string of the molecule is Cn1ccc(C(C)(C)C)c1C(=O)O. The summed E-state index contributed by atoms with van der Waals surface area (Å²) in [6.07, 6.45) is 1.78. The third-order valence-electron chi connectivity index (χ3n) is 2.08. The molecule has 0 fully saturated rings. The van der Waals surface area contributed by atoms with E-state index in [-0.39, 0.29) is 5.41 Å². The van der Waals surface area contributed by atoms with Gasteiger partial charge in [-0.3, -0.25) is 0 Å². The van der Waals surface area contributed by atoms with Crippen LogP contribution in [0.4, 0.5) is 0 Å². The molecule has 1 aromatic rings. The predicted molar refractivity (Wildman–Crippen MR) is 51.1 cm³/mol. The summed E-state index contributed by atoms with van der Waals surface area (Å²) in [6.45, 7) is 6.03. The summed E-state index contributed by atoms with van der Waals surface area (Å²) in [7, 11) is 1.75. The van der Waals surface area contributed by atoms with Gasteiger partial charge in [-0.05, 0) is 17.0 Å². The zero-order valence-electron chi connectivity index (χ0n) is 8.46. The van der Waals surface area contributed by atoms with Crippen molar-refractivity contribution in [3.63, 3.8) is 0 Å². The normalized spacial score (nSPS) is 11.7. The highest BCUT2D eigenvalue weighted by molar-refractivity contribution is 5.88. The number of carboxylic acids is 1. The molecular weight excluding hydrogens is 166 g/mol. The Morgan fingerprint density at radius 3 is 2.31 bits per heavy atom. The minimum absolute atomic E-state index is 0.116. The molecular formula is C10H15NO2. The van der Waals surface area contributed by atoms with E-state index < -0.39 is 5.97 Å². The molecule has 0 saturated heterocycles. The lowest BCUT2D eigenvalue weighted by Gasteiger charge is -2.18. The van der Waals surface area contributed by atoms with Gasteiger partial charge in [-0.1, -0.05) is 20.8 Å². The number of rotatable bonds is 1. The summed E-state index contributed by atoms with van der Waals surface area (Å²) in [6, 6.07) is 1.86. The van der Waals surface area contributed by atoms with Gasteiger partial charge < -0.3 is 9.67 Å². The number of carboxylic acid groups (broad SMARTS) is 1. The van der Waals surface area contributed by atoms with Crippen molar-refractivity contribution in [2.45, 2.75) is 26.2 Å². The smallest absolute Gasteiger partial charge is 0.352 e. The van der Waals surface area contributed by atoms with E-state index in [1.807, 2.05) is 26.8 Å². The maximum atomic E-state index is 10.9. The van der Waals surface area contributed by atoms with Crippen molar-refractivity contribution in [1.82, 2.24) is 4.57 Å². The molecule has 0 aliphatic carbocycles. The van der Waals surface area contributed by atoms with Crippen molar-refractivity contribution in [3.8, 4) is 0 Å². The van der Waals surface area contributed by atoms with Crippen LogP contribution < -0.4 is 0 Å². The summed E-state index contributed by atoms with van der Waals surface area (Å²) in [5, 5.41) is 8.98. The van der Waals surface area contributed by atoms with Gasteiger partial charge in [0.05, 0.1) is 0 Å². The van der Waals surface area contributed by atoms with Gasteiger partial charge in [-0.15, -0.1) is 0 Å². The Hall–Kier alpha value is -1.25. The van der Waals surface area contributed by atoms with E-state index in [2.05, 4.69) is 0 Å². The number of nitrogens with zero attached hydrogens (tertiary/aromatic N) is 1. The molecule has 1 N–H and O–H groups in total. The number of aromatic carboxylic acids is 1. The van der Waals surface area contributed by atoms with Crippen LogP contribution in [0.1, 0.15) is 36.8 Å². The summed E-state index contributed by atoms with van der Waals surface area (Å²) >= 11 is 0. The Morgan fingerprint density at radius 1 is 1.46 bits per heavy atom. The fourth-order valence-electron chi connectivity index (χ4n) is 1.40. The Kier molecular flexibility index (Phi) is 2.20. The van der Waals surface area contributed by atoms with Crippen LogP contribution in [-0.2, 0) is 12.5 Å². The van der Waals surface area contributed by atoms with E-state index >= 15 is 0 Å². The highest BCUT2D eigenvalue weighted by Gasteiger charge is 2.23. The first-order valence-corrected chi connectivity index (χ1v) is 4.23. The van der Waals surface area contributed by atoms with Crippen molar-refractivity contribution >= 4 is 5.97 Å². The second-order valence-electron chi connectivity index (χ2n) is 4.24. The fraction of sp³-hybridized carbons (Fsp3) is 0.500. The van der Waals surface area contributed by atoms with Crippen LogP contribution >= 0.6 is 0 Å². The molecule has 0 unspecified atom stereocenters. The van der Waals surface area contributed by atoms with Crippen molar-refractivity contribution in [2.75, 3.05) is 0 Å². The maximum absolute atomic E-state index is 10.9. The van der Waals surface area contributed by atoms with Gasteiger partial charge in [0.15, 0.2) is 0 Å². The molecule has 1 heterocycles. The maximum Gasteiger partial charge on any atom is 0.352 e. The van der Waals surface area contributed by atoms with Crippen LogP contribution in [0.15, 0.2) is 12.3 Å². The number of hydrogen-bond donors (Lipinski definition) is 1. The first-order chi connectivity index (χ1) is 5.84. The predicted octanol–water partition coefficient (Wildman–Crippen LogP) is 2.02. The van der Waals surface area contributed by atoms with Crippen LogP contribution in [0.3, 0.4) is 0 Å². The van der Waals surface area contributed by atoms with E-state index in [0.29, 0.717) is 5.69 Å². The van der Waals surface area contributed by atoms with E-state index in [1.54, 1.807) is 17.8 Å². The van der Waals surface area contributed by atoms with Gasteiger partial charge in [0.25, 0.3) is 0 Å². The van der Waals surface area contributed by atoms with Gasteiger partial charge in [0.1, 0.15) is 5.69 Å². The van der Waals surface area contributed by atoms with E-state index in [1.165, 1.54) is 0 Å². The highest BCUT2D eigenvalue weighted by Crippen LogP contribution is 2.26. The highest BCUT2D eigenvalue weighted by atomic mass is 16.4. The quantitative estimate of drug-likeness (QED) is 0.720. The van der Waals surface area contributed by atoms with Crippen LogP contribution in [0.2, 0.25) is 0 Å². The summed E-state index contributed by atoms with van der Waals surface area (Å²) in [5.41, 5.74) is 1.14. The lowest BCUT2D eigenvalue weighted by molar-refractivity contribution is 0.0683. The molecule has 0 spiro atoms. The van der Waals surface area contributed by atoms with Crippen molar-refractivity contribution < 1.29 is 9.90 Å². The van der Waals surface area contributed by atoms with Crippen LogP contribution in [-0.4, -0.2) is 15.6 Å². The molecule has 0 aliphatic heterocycles. The Labute approximate surface area is 78.0 Å². The number of carbonyl (C=O) groups is 1. The molecule has 3 nitrogen and oxygen atoms in total. The molecule has 0 aliphatic rings. The fourth-order valence-corrected chi connectivity index (χ4v) is 1.40. The number of aryl methyl sites for hydroxylation is 1. The average molecular weight is 181 g/mol. The molecule has 0 radical (unpaired) electrons. The third kappa shape index (κ3) is 1.74. The zero-order chi connectivity index (χ0) is 10.2. The lowest BCUT2D eigenvalue weighted by atomic mass is 9.87. The molecule has 1 aromatic heterocycles. The minimum Gasteiger partial charge on any atom is -0.477 e. The van der Waals surface area contributed by atoms with Crippen molar-refractivity contribution in [3.05, 3.63) is 23.5 Å². The Balaban J connectivity index is 3.31. The number of hydrogen-bond acceptors (Lipinski definition) is 1. The molecule has 13 heavy (non-hydrogen) atoms. The molecule has 0 bridgehead atoms. The van der Waals surface area contributed by atoms with Gasteiger partial charge in [-0.25, -0.2) is 4.79 Å². The first kappa shape index (κ1) is 9.84. The monoisotopic (exact) mass is 181 g/mol. The second-order valence-corrected chi connectivity index (χ2v) is 4.24. The van der Waals surface area contributed by atoms with E-state index in [0.717, 1.165) is 5.56 Å². The Morgan fingerprint density at radius 2 is 2.00 bits per heavy atom. The van der Waals surface area contributed by atoms with Crippen LogP contribution in [0, 0.1) is 0 Å². The summed E-state index contributed by atoms with van der Waals surface area (Å²) in [5.74, 6) is -0.863. The molecule has 72 valence electrons. The molecule has 1 rings (SSSR count). The number of aromatic nitrogens is 1. The van der Waals surface area contributed by atoms with Gasteiger partial charge in [0.2, 0.25) is 0 Å². The van der Waals surface area contributed by atoms with Crippen molar-refractivity contribution in [2.24, 2.45) is 7.05 Å². The largest absolute Gasteiger partial charge is 0.477 e. The lowest BCUT2D eigenvalue weighted by Crippen LogP contribution is -2.17.